The van der Waals surface area contributed by atoms with Crippen LogP contribution in [0.25, 0.3) is 0 Å². The zero-order valence-electron chi connectivity index (χ0n) is 8.79. The Labute approximate surface area is 90.2 Å². The molecule has 0 aromatic heterocycles. The third kappa shape index (κ3) is 3.88. The first-order valence-electron chi connectivity index (χ1n) is 5.28. The van der Waals surface area contributed by atoms with E-state index >= 15 is 0 Å². The van der Waals surface area contributed by atoms with E-state index in [1.165, 1.54) is 25.7 Å². The number of hydrogen-bond acceptors (Lipinski definition) is 3. The molecule has 0 aromatic rings. The number of amides is 1. The van der Waals surface area contributed by atoms with Crippen molar-refractivity contribution in [2.24, 2.45) is 5.73 Å². The van der Waals surface area contributed by atoms with Crippen LogP contribution in [0.3, 0.4) is 0 Å². The number of carbonyl (C=O) groups excluding carboxylic acids is 1. The zero-order chi connectivity index (χ0) is 10.4. The van der Waals surface area contributed by atoms with Gasteiger partial charge in [-0.15, -0.1) is 0 Å². The van der Waals surface area contributed by atoms with E-state index in [1.54, 1.807) is 11.8 Å². The lowest BCUT2D eigenvalue weighted by molar-refractivity contribution is -0.120. The molecular formula is C10H20N2OS. The van der Waals surface area contributed by atoms with Crippen LogP contribution >= 0.6 is 11.8 Å². The first-order valence-corrected chi connectivity index (χ1v) is 6.67. The van der Waals surface area contributed by atoms with Gasteiger partial charge in [0.25, 0.3) is 0 Å². The summed E-state index contributed by atoms with van der Waals surface area (Å²) in [5.74, 6) is 0.791. The molecular weight excluding hydrogens is 196 g/mol. The fraction of sp³-hybridized carbons (Fsp3) is 0.900. The van der Waals surface area contributed by atoms with Gasteiger partial charge >= 0.3 is 0 Å². The Morgan fingerprint density at radius 2 is 2.21 bits per heavy atom. The number of hydrogen-bond donors (Lipinski definition) is 2. The lowest BCUT2D eigenvalue weighted by Gasteiger charge is -2.19. The topological polar surface area (TPSA) is 55.1 Å². The van der Waals surface area contributed by atoms with E-state index in [9.17, 15) is 4.79 Å². The molecule has 1 rings (SSSR count). The summed E-state index contributed by atoms with van der Waals surface area (Å²) in [6.45, 7) is 0. The normalized spacial score (nSPS) is 19.8. The molecule has 0 aromatic carbocycles. The predicted molar refractivity (Wildman–Crippen MR) is 61.4 cm³/mol. The maximum atomic E-state index is 11.1. The predicted octanol–water partition coefficient (Wildman–Crippen LogP) is 1.13. The second-order valence-electron chi connectivity index (χ2n) is 3.88. The van der Waals surface area contributed by atoms with Gasteiger partial charge in [0.15, 0.2) is 0 Å². The van der Waals surface area contributed by atoms with Gasteiger partial charge in [-0.3, -0.25) is 4.79 Å². The smallest absolute Gasteiger partial charge is 0.234 e. The van der Waals surface area contributed by atoms with Crippen molar-refractivity contribution in [3.05, 3.63) is 0 Å². The average molecular weight is 216 g/mol. The molecule has 1 aliphatic carbocycles. The minimum absolute atomic E-state index is 0.120. The van der Waals surface area contributed by atoms with Crippen LogP contribution in [0.2, 0.25) is 0 Å². The van der Waals surface area contributed by atoms with Crippen LogP contribution in [0.4, 0.5) is 0 Å². The van der Waals surface area contributed by atoms with Crippen molar-refractivity contribution in [1.29, 1.82) is 0 Å². The summed E-state index contributed by atoms with van der Waals surface area (Å²) in [7, 11) is 0. The summed E-state index contributed by atoms with van der Waals surface area (Å²) in [6.07, 6.45) is 7.87. The molecule has 0 aliphatic heterocycles. The molecule has 0 heterocycles. The maximum Gasteiger partial charge on any atom is 0.234 e. The molecule has 1 atom stereocenters. The fourth-order valence-electron chi connectivity index (χ4n) is 1.92. The molecule has 1 unspecified atom stereocenters. The average Bonchev–Trinajstić information content (AvgIpc) is 2.64. The van der Waals surface area contributed by atoms with Crippen molar-refractivity contribution < 1.29 is 4.79 Å². The number of nitrogens with one attached hydrogen (secondary N) is 1. The van der Waals surface area contributed by atoms with Gasteiger partial charge in [0, 0.05) is 6.04 Å². The minimum atomic E-state index is -0.203. The number of thioether (sulfide) groups is 1. The van der Waals surface area contributed by atoms with E-state index in [2.05, 4.69) is 5.32 Å². The summed E-state index contributed by atoms with van der Waals surface area (Å²) in [5.41, 5.74) is 5.34. The molecule has 4 heteroatoms. The van der Waals surface area contributed by atoms with Gasteiger partial charge in [0.05, 0.1) is 6.04 Å². The Hall–Kier alpha value is -0.220. The molecule has 0 saturated heterocycles. The van der Waals surface area contributed by atoms with Crippen LogP contribution in [0.1, 0.15) is 32.1 Å². The highest BCUT2D eigenvalue weighted by molar-refractivity contribution is 7.98. The van der Waals surface area contributed by atoms with Crippen molar-refractivity contribution in [1.82, 2.24) is 5.32 Å². The highest BCUT2D eigenvalue weighted by Gasteiger charge is 2.21. The Balaban J connectivity index is 2.30. The van der Waals surface area contributed by atoms with Gasteiger partial charge < -0.3 is 11.1 Å². The Morgan fingerprint density at radius 1 is 1.57 bits per heavy atom. The number of nitrogens with two attached hydrogens (primary N) is 1. The third-order valence-corrected chi connectivity index (χ3v) is 3.39. The van der Waals surface area contributed by atoms with Crippen molar-refractivity contribution in [2.45, 2.75) is 44.2 Å². The lowest BCUT2D eigenvalue weighted by Crippen LogP contribution is -2.45. The van der Waals surface area contributed by atoms with E-state index < -0.39 is 0 Å². The minimum Gasteiger partial charge on any atom is -0.368 e. The van der Waals surface area contributed by atoms with Crippen molar-refractivity contribution in [3.8, 4) is 0 Å². The summed E-state index contributed by atoms with van der Waals surface area (Å²) in [5, 5.41) is 3.36. The van der Waals surface area contributed by atoms with Crippen molar-refractivity contribution in [3.63, 3.8) is 0 Å². The highest BCUT2D eigenvalue weighted by Crippen LogP contribution is 2.18. The van der Waals surface area contributed by atoms with Crippen LogP contribution in [-0.4, -0.2) is 30.0 Å². The summed E-state index contributed by atoms with van der Waals surface area (Å²) < 4.78 is 0. The Kier molecular flexibility index (Phi) is 5.33. The van der Waals surface area contributed by atoms with Gasteiger partial charge in [-0.2, -0.15) is 11.8 Å². The molecule has 82 valence electrons. The van der Waals surface area contributed by atoms with E-state index in [1.807, 2.05) is 6.26 Å². The van der Waals surface area contributed by atoms with Gasteiger partial charge in [-0.25, -0.2) is 0 Å². The summed E-state index contributed by atoms with van der Waals surface area (Å²) in [4.78, 5) is 11.1. The van der Waals surface area contributed by atoms with Crippen molar-refractivity contribution >= 4 is 17.7 Å². The van der Waals surface area contributed by atoms with Gasteiger partial charge in [-0.1, -0.05) is 12.8 Å². The fourth-order valence-corrected chi connectivity index (χ4v) is 2.39. The lowest BCUT2D eigenvalue weighted by atomic mass is 10.1. The van der Waals surface area contributed by atoms with Crippen LogP contribution in [0, 0.1) is 0 Å². The Bertz CT molecular complexity index is 181. The first kappa shape index (κ1) is 11.9. The summed E-state index contributed by atoms with van der Waals surface area (Å²) in [6, 6.07) is 0.403. The molecule has 0 bridgehead atoms. The van der Waals surface area contributed by atoms with Crippen LogP contribution in [-0.2, 0) is 4.79 Å². The second kappa shape index (κ2) is 6.30. The quantitative estimate of drug-likeness (QED) is 0.699. The van der Waals surface area contributed by atoms with Crippen molar-refractivity contribution in [2.75, 3.05) is 12.0 Å². The van der Waals surface area contributed by atoms with Crippen LogP contribution in [0.5, 0.6) is 0 Å². The molecule has 1 aliphatic rings. The largest absolute Gasteiger partial charge is 0.368 e. The molecule has 1 amide bonds. The Morgan fingerprint density at radius 3 is 2.71 bits per heavy atom. The van der Waals surface area contributed by atoms with Gasteiger partial charge in [0.1, 0.15) is 0 Å². The molecule has 1 fully saturated rings. The molecule has 0 radical (unpaired) electrons. The molecule has 14 heavy (non-hydrogen) atoms. The van der Waals surface area contributed by atoms with E-state index in [-0.39, 0.29) is 11.9 Å². The standard InChI is InChI=1S/C10H20N2OS/c1-14-7-6-9(10(11)13)12-8-4-2-3-5-8/h8-9,12H,2-7H2,1H3,(H2,11,13). The molecule has 3 nitrogen and oxygen atoms in total. The van der Waals surface area contributed by atoms with Crippen LogP contribution < -0.4 is 11.1 Å². The number of carbonyl (C=O) groups is 1. The monoisotopic (exact) mass is 216 g/mol. The van der Waals surface area contributed by atoms with E-state index in [0.717, 1.165) is 12.2 Å². The van der Waals surface area contributed by atoms with Crippen LogP contribution in [0.15, 0.2) is 0 Å². The van der Waals surface area contributed by atoms with E-state index in [0.29, 0.717) is 6.04 Å². The number of rotatable bonds is 6. The third-order valence-electron chi connectivity index (χ3n) is 2.75. The first-order chi connectivity index (χ1) is 6.74. The number of primary amides is 1. The molecule has 1 saturated carbocycles. The van der Waals surface area contributed by atoms with Gasteiger partial charge in [-0.05, 0) is 31.3 Å². The highest BCUT2D eigenvalue weighted by atomic mass is 32.2. The van der Waals surface area contributed by atoms with E-state index in [4.69, 9.17) is 5.73 Å². The molecule has 0 spiro atoms. The van der Waals surface area contributed by atoms with Gasteiger partial charge in [0.2, 0.25) is 5.91 Å². The zero-order valence-corrected chi connectivity index (χ0v) is 9.61. The molecule has 3 N–H and O–H groups in total. The summed E-state index contributed by atoms with van der Waals surface area (Å²) >= 11 is 1.76. The second-order valence-corrected chi connectivity index (χ2v) is 4.87. The maximum absolute atomic E-state index is 11.1. The SMILES string of the molecule is CSCCC(NC1CCCC1)C(N)=O.